The second kappa shape index (κ2) is 6.75. The minimum Gasteiger partial charge on any atom is -0.353 e. The average Bonchev–Trinajstić information content (AvgIpc) is 2.68. The smallest absolute Gasteiger partial charge is 0.253 e. The van der Waals surface area contributed by atoms with Gasteiger partial charge in [0.2, 0.25) is 0 Å². The minimum atomic E-state index is -0.329. The molecule has 1 aromatic heterocycles. The molecular formula is C21H20FN3O. The van der Waals surface area contributed by atoms with Crippen molar-refractivity contribution >= 4 is 22.6 Å². The van der Waals surface area contributed by atoms with E-state index in [9.17, 15) is 9.18 Å². The second-order valence-corrected chi connectivity index (χ2v) is 6.61. The zero-order chi connectivity index (χ0) is 18.1. The minimum absolute atomic E-state index is 0.0483. The number of piperazine rings is 1. The predicted octanol–water partition coefficient (Wildman–Crippen LogP) is 3.64. The van der Waals surface area contributed by atoms with Crippen molar-refractivity contribution in [2.75, 3.05) is 31.1 Å². The third-order valence-corrected chi connectivity index (χ3v) is 4.85. The van der Waals surface area contributed by atoms with Gasteiger partial charge in [0.15, 0.2) is 0 Å². The Labute approximate surface area is 151 Å². The monoisotopic (exact) mass is 349 g/mol. The van der Waals surface area contributed by atoms with Crippen molar-refractivity contribution in [3.05, 3.63) is 71.5 Å². The Morgan fingerprint density at radius 1 is 1.00 bits per heavy atom. The topological polar surface area (TPSA) is 36.4 Å². The van der Waals surface area contributed by atoms with E-state index >= 15 is 0 Å². The number of para-hydroxylation sites is 1. The van der Waals surface area contributed by atoms with Crippen LogP contribution in [0.25, 0.3) is 10.9 Å². The van der Waals surface area contributed by atoms with Crippen LogP contribution in [0.2, 0.25) is 0 Å². The van der Waals surface area contributed by atoms with E-state index in [2.05, 4.69) is 24.0 Å². The molecule has 4 nitrogen and oxygen atoms in total. The molecule has 0 saturated carbocycles. The quantitative estimate of drug-likeness (QED) is 0.709. The van der Waals surface area contributed by atoms with Crippen LogP contribution in [0, 0.1) is 12.7 Å². The number of hydrogen-bond acceptors (Lipinski definition) is 3. The highest BCUT2D eigenvalue weighted by molar-refractivity contribution is 5.94. The Balaban J connectivity index is 1.49. The van der Waals surface area contributed by atoms with Gasteiger partial charge in [-0.25, -0.2) is 9.37 Å². The number of fused-ring (bicyclic) bond motifs is 1. The molecule has 1 aliphatic heterocycles. The van der Waals surface area contributed by atoms with Crippen molar-refractivity contribution in [2.24, 2.45) is 0 Å². The lowest BCUT2D eigenvalue weighted by molar-refractivity contribution is 0.0746. The number of benzene rings is 2. The summed E-state index contributed by atoms with van der Waals surface area (Å²) < 4.78 is 13.0. The number of nitrogens with zero attached hydrogens (tertiary/aromatic N) is 3. The molecule has 0 N–H and O–H groups in total. The summed E-state index contributed by atoms with van der Waals surface area (Å²) in [5.74, 6) is 0.606. The molecule has 1 saturated heterocycles. The van der Waals surface area contributed by atoms with E-state index in [1.54, 1.807) is 12.1 Å². The number of halogens is 1. The number of rotatable bonds is 2. The summed E-state index contributed by atoms with van der Waals surface area (Å²) in [7, 11) is 0. The number of hydrogen-bond donors (Lipinski definition) is 0. The van der Waals surface area contributed by atoms with E-state index in [-0.39, 0.29) is 11.7 Å². The van der Waals surface area contributed by atoms with Crippen LogP contribution in [0.5, 0.6) is 0 Å². The number of carbonyl (C=O) groups excluding carboxylic acids is 1. The Morgan fingerprint density at radius 2 is 1.69 bits per heavy atom. The molecule has 1 aliphatic rings. The fraction of sp³-hybridized carbons (Fsp3) is 0.238. The number of carbonyl (C=O) groups is 1. The summed E-state index contributed by atoms with van der Waals surface area (Å²) in [6, 6.07) is 16.0. The fourth-order valence-corrected chi connectivity index (χ4v) is 3.43. The molecule has 4 rings (SSSR count). The van der Waals surface area contributed by atoms with E-state index in [4.69, 9.17) is 4.98 Å². The van der Waals surface area contributed by atoms with Gasteiger partial charge in [0.05, 0.1) is 5.52 Å². The Morgan fingerprint density at radius 3 is 2.42 bits per heavy atom. The van der Waals surface area contributed by atoms with Crippen LogP contribution < -0.4 is 4.90 Å². The van der Waals surface area contributed by atoms with Crippen LogP contribution in [0.3, 0.4) is 0 Å². The maximum Gasteiger partial charge on any atom is 0.253 e. The molecule has 132 valence electrons. The molecule has 0 radical (unpaired) electrons. The van der Waals surface area contributed by atoms with Crippen LogP contribution in [0.1, 0.15) is 15.9 Å². The lowest BCUT2D eigenvalue weighted by atomic mass is 10.1. The summed E-state index contributed by atoms with van der Waals surface area (Å²) in [5, 5.41) is 1.14. The van der Waals surface area contributed by atoms with E-state index in [0.29, 0.717) is 18.7 Å². The van der Waals surface area contributed by atoms with Gasteiger partial charge in [0.1, 0.15) is 11.6 Å². The highest BCUT2D eigenvalue weighted by Gasteiger charge is 2.23. The third kappa shape index (κ3) is 3.12. The van der Waals surface area contributed by atoms with E-state index in [1.165, 1.54) is 12.1 Å². The van der Waals surface area contributed by atoms with Gasteiger partial charge in [0.25, 0.3) is 5.91 Å². The van der Waals surface area contributed by atoms with Gasteiger partial charge in [-0.1, -0.05) is 18.2 Å². The van der Waals surface area contributed by atoms with E-state index < -0.39 is 0 Å². The summed E-state index contributed by atoms with van der Waals surface area (Å²) in [6.07, 6.45) is 0. The van der Waals surface area contributed by atoms with Crippen LogP contribution >= 0.6 is 0 Å². The highest BCUT2D eigenvalue weighted by atomic mass is 19.1. The van der Waals surface area contributed by atoms with Gasteiger partial charge < -0.3 is 9.80 Å². The lowest BCUT2D eigenvalue weighted by Crippen LogP contribution is -2.49. The highest BCUT2D eigenvalue weighted by Crippen LogP contribution is 2.24. The van der Waals surface area contributed by atoms with Crippen LogP contribution in [-0.2, 0) is 0 Å². The van der Waals surface area contributed by atoms with E-state index in [0.717, 1.165) is 35.4 Å². The molecule has 0 spiro atoms. The van der Waals surface area contributed by atoms with Crippen LogP contribution in [0.4, 0.5) is 10.2 Å². The zero-order valence-corrected chi connectivity index (χ0v) is 14.7. The van der Waals surface area contributed by atoms with E-state index in [1.807, 2.05) is 23.1 Å². The second-order valence-electron chi connectivity index (χ2n) is 6.61. The van der Waals surface area contributed by atoms with Crippen LogP contribution in [0.15, 0.2) is 54.6 Å². The molecule has 1 fully saturated rings. The zero-order valence-electron chi connectivity index (χ0n) is 14.7. The van der Waals surface area contributed by atoms with Gasteiger partial charge in [0, 0.05) is 37.1 Å². The molecule has 2 heterocycles. The normalized spacial score (nSPS) is 14.7. The predicted molar refractivity (Wildman–Crippen MR) is 101 cm³/mol. The molecule has 2 aromatic carbocycles. The fourth-order valence-electron chi connectivity index (χ4n) is 3.43. The van der Waals surface area contributed by atoms with Crippen molar-refractivity contribution in [1.82, 2.24) is 9.88 Å². The Kier molecular flexibility index (Phi) is 4.29. The molecule has 26 heavy (non-hydrogen) atoms. The van der Waals surface area contributed by atoms with Gasteiger partial charge in [-0.2, -0.15) is 0 Å². The summed E-state index contributed by atoms with van der Waals surface area (Å²) in [6.45, 7) is 4.80. The average molecular weight is 349 g/mol. The summed E-state index contributed by atoms with van der Waals surface area (Å²) in [4.78, 5) is 21.4. The van der Waals surface area contributed by atoms with Crippen LogP contribution in [-0.4, -0.2) is 42.0 Å². The molecule has 0 unspecified atom stereocenters. The molecule has 5 heteroatoms. The third-order valence-electron chi connectivity index (χ3n) is 4.85. The first-order valence-electron chi connectivity index (χ1n) is 8.78. The van der Waals surface area contributed by atoms with Gasteiger partial charge >= 0.3 is 0 Å². The maximum atomic E-state index is 13.0. The van der Waals surface area contributed by atoms with Crippen molar-refractivity contribution in [2.45, 2.75) is 6.92 Å². The first-order chi connectivity index (χ1) is 12.6. The summed E-state index contributed by atoms with van der Waals surface area (Å²) >= 11 is 0. The SMILES string of the molecule is Cc1cc2ccccc2nc1N1CCN(C(=O)c2ccc(F)cc2)CC1. The first kappa shape index (κ1) is 16.5. The Hall–Kier alpha value is -2.95. The number of anilines is 1. The molecule has 0 atom stereocenters. The number of aryl methyl sites for hydroxylation is 1. The standard InChI is InChI=1S/C21H20FN3O/c1-15-14-17-4-2-3-5-19(17)23-20(15)24-10-12-25(13-11-24)21(26)16-6-8-18(22)9-7-16/h2-9,14H,10-13H2,1H3. The number of amides is 1. The molecule has 0 bridgehead atoms. The van der Waals surface area contributed by atoms with Gasteiger partial charge in [-0.15, -0.1) is 0 Å². The van der Waals surface area contributed by atoms with Crippen molar-refractivity contribution in [3.8, 4) is 0 Å². The van der Waals surface area contributed by atoms with Gasteiger partial charge in [-0.05, 0) is 48.9 Å². The van der Waals surface area contributed by atoms with Gasteiger partial charge in [-0.3, -0.25) is 4.79 Å². The number of pyridine rings is 1. The summed E-state index contributed by atoms with van der Waals surface area (Å²) in [5.41, 5.74) is 2.65. The first-order valence-corrected chi connectivity index (χ1v) is 8.78. The van der Waals surface area contributed by atoms with Crippen molar-refractivity contribution in [3.63, 3.8) is 0 Å². The molecule has 3 aromatic rings. The number of aromatic nitrogens is 1. The molecule has 0 aliphatic carbocycles. The van der Waals surface area contributed by atoms with Crippen molar-refractivity contribution in [1.29, 1.82) is 0 Å². The maximum absolute atomic E-state index is 13.0. The molecule has 1 amide bonds. The largest absolute Gasteiger partial charge is 0.353 e. The lowest BCUT2D eigenvalue weighted by Gasteiger charge is -2.36. The van der Waals surface area contributed by atoms with Crippen molar-refractivity contribution < 1.29 is 9.18 Å². The molecular weight excluding hydrogens is 329 g/mol. The Bertz CT molecular complexity index is 947.